The van der Waals surface area contributed by atoms with Gasteiger partial charge in [-0.1, -0.05) is 67.5 Å². The van der Waals surface area contributed by atoms with E-state index < -0.39 is 17.1 Å². The first-order valence-electron chi connectivity index (χ1n) is 11.4. The van der Waals surface area contributed by atoms with Crippen molar-refractivity contribution in [3.05, 3.63) is 12.2 Å². The fraction of sp³-hybridized carbons (Fsp3) is 0.864. The number of hydrogen-bond donors (Lipinski definition) is 0. The monoisotopic (exact) mass is 458 g/mol. The first-order chi connectivity index (χ1) is 14.0. The summed E-state index contributed by atoms with van der Waals surface area (Å²) in [5.74, 6) is -0.218. The van der Waals surface area contributed by atoms with Crippen molar-refractivity contribution < 1.29 is 27.2 Å². The summed E-state index contributed by atoms with van der Waals surface area (Å²) in [6, 6.07) is 0. The van der Waals surface area contributed by atoms with Gasteiger partial charge in [-0.3, -0.25) is 4.79 Å². The number of fused-ring (bicyclic) bond motifs is 1. The number of hydrogen-bond acceptors (Lipinski definition) is 6. The van der Waals surface area contributed by atoms with Crippen LogP contribution in [0.15, 0.2) is 12.2 Å². The van der Waals surface area contributed by atoms with Gasteiger partial charge in [-0.05, 0) is 28.6 Å². The molecule has 6 nitrogen and oxygen atoms in total. The molecule has 174 valence electrons. The van der Waals surface area contributed by atoms with Gasteiger partial charge in [0.1, 0.15) is 6.10 Å². The molecule has 0 aromatic rings. The zero-order valence-corrected chi connectivity index (χ0v) is 22.3. The highest BCUT2D eigenvalue weighted by Gasteiger charge is 2.59. The molecule has 0 spiro atoms. The third-order valence-corrected chi connectivity index (χ3v) is 16.7. The molecule has 0 unspecified atom stereocenters. The fourth-order valence-electron chi connectivity index (χ4n) is 4.62. The molecule has 2 aliphatic heterocycles. The van der Waals surface area contributed by atoms with Crippen LogP contribution in [0.2, 0.25) is 22.2 Å². The Labute approximate surface area is 185 Å². The minimum absolute atomic E-state index is 0.138. The maximum atomic E-state index is 11.6. The first-order valence-corrected chi connectivity index (χ1v) is 15.3. The van der Waals surface area contributed by atoms with Crippen LogP contribution in [0, 0.1) is 0 Å². The summed E-state index contributed by atoms with van der Waals surface area (Å²) < 4.78 is 32.0. The Balaban J connectivity index is 2.38. The van der Waals surface area contributed by atoms with Crippen LogP contribution in [-0.4, -0.2) is 55.1 Å². The van der Waals surface area contributed by atoms with Crippen molar-refractivity contribution >= 4 is 23.1 Å². The highest BCUT2D eigenvalue weighted by molar-refractivity contribution is 6.84. The van der Waals surface area contributed by atoms with Gasteiger partial charge in [0.05, 0.1) is 25.9 Å². The van der Waals surface area contributed by atoms with Crippen LogP contribution in [0.3, 0.4) is 0 Å². The molecule has 0 bridgehead atoms. The van der Waals surface area contributed by atoms with E-state index in [1.165, 1.54) is 7.11 Å². The average Bonchev–Trinajstić information content (AvgIpc) is 2.66. The van der Waals surface area contributed by atoms with E-state index in [9.17, 15) is 4.79 Å². The van der Waals surface area contributed by atoms with E-state index >= 15 is 0 Å². The lowest BCUT2D eigenvalue weighted by Gasteiger charge is -2.52. The average molecular weight is 459 g/mol. The third kappa shape index (κ3) is 5.27. The smallest absolute Gasteiger partial charge is 0.335 e. The Hall–Kier alpha value is -0.516. The van der Waals surface area contributed by atoms with E-state index in [1.54, 1.807) is 0 Å². The Morgan fingerprint density at radius 3 is 2.03 bits per heavy atom. The zero-order chi connectivity index (χ0) is 22.7. The maximum Gasteiger partial charge on any atom is 0.335 e. The van der Waals surface area contributed by atoms with E-state index in [0.717, 1.165) is 0 Å². The summed E-state index contributed by atoms with van der Waals surface area (Å²) in [6.45, 7) is 18.2. The molecular formula is C22H42O6Si2. The normalized spacial score (nSPS) is 28.5. The number of rotatable bonds is 7. The molecule has 1 fully saturated rings. The van der Waals surface area contributed by atoms with Crippen LogP contribution in [0.5, 0.6) is 0 Å². The van der Waals surface area contributed by atoms with E-state index in [0.29, 0.717) is 30.5 Å². The maximum absolute atomic E-state index is 11.6. The number of ether oxygens (including phenoxy) is 2. The third-order valence-electron chi connectivity index (χ3n) is 6.42. The highest BCUT2D eigenvalue weighted by Crippen LogP contribution is 2.46. The molecule has 0 amide bonds. The van der Waals surface area contributed by atoms with Gasteiger partial charge in [0.25, 0.3) is 0 Å². The number of carbonyl (C=O) groups excluding carboxylic acids is 1. The molecule has 3 atom stereocenters. The molecule has 0 radical (unpaired) electrons. The molecule has 0 saturated carbocycles. The van der Waals surface area contributed by atoms with Crippen LogP contribution in [-0.2, 0) is 27.2 Å². The largest absolute Gasteiger partial charge is 0.469 e. The van der Waals surface area contributed by atoms with Gasteiger partial charge in [0, 0.05) is 6.42 Å². The predicted octanol–water partition coefficient (Wildman–Crippen LogP) is 5.22. The lowest BCUT2D eigenvalue weighted by molar-refractivity contribution is -0.142. The van der Waals surface area contributed by atoms with Crippen LogP contribution in [0.1, 0.15) is 68.2 Å². The van der Waals surface area contributed by atoms with Crippen LogP contribution >= 0.6 is 0 Å². The molecule has 2 heterocycles. The Bertz CT molecular complexity index is 588. The van der Waals surface area contributed by atoms with Crippen molar-refractivity contribution in [2.75, 3.05) is 13.7 Å². The van der Waals surface area contributed by atoms with Gasteiger partial charge in [0.2, 0.25) is 0 Å². The van der Waals surface area contributed by atoms with Gasteiger partial charge < -0.3 is 22.4 Å². The van der Waals surface area contributed by atoms with E-state index in [-0.39, 0.29) is 35.4 Å². The molecule has 30 heavy (non-hydrogen) atoms. The van der Waals surface area contributed by atoms with Crippen LogP contribution < -0.4 is 0 Å². The van der Waals surface area contributed by atoms with Crippen molar-refractivity contribution in [2.24, 2.45) is 0 Å². The number of carbonyl (C=O) groups is 1. The van der Waals surface area contributed by atoms with Crippen molar-refractivity contribution in [2.45, 2.75) is 109 Å². The molecule has 0 aromatic heterocycles. The quantitative estimate of drug-likeness (QED) is 0.296. The molecule has 8 heteroatoms. The van der Waals surface area contributed by atoms with Gasteiger partial charge in [-0.25, -0.2) is 0 Å². The lowest BCUT2D eigenvalue weighted by Crippen LogP contribution is -2.65. The van der Waals surface area contributed by atoms with Crippen LogP contribution in [0.25, 0.3) is 0 Å². The lowest BCUT2D eigenvalue weighted by atomic mass is 10.1. The molecule has 2 rings (SSSR count). The number of esters is 1. The van der Waals surface area contributed by atoms with Crippen molar-refractivity contribution in [1.29, 1.82) is 0 Å². The summed E-state index contributed by atoms with van der Waals surface area (Å²) in [7, 11) is -3.77. The second-order valence-corrected chi connectivity index (χ2v) is 18.6. The Kier molecular flexibility index (Phi) is 8.92. The van der Waals surface area contributed by atoms with Gasteiger partial charge >= 0.3 is 23.1 Å². The van der Waals surface area contributed by atoms with Gasteiger partial charge in [-0.2, -0.15) is 0 Å². The summed E-state index contributed by atoms with van der Waals surface area (Å²) >= 11 is 0. The van der Waals surface area contributed by atoms with E-state index in [4.69, 9.17) is 22.4 Å². The van der Waals surface area contributed by atoms with Crippen molar-refractivity contribution in [3.63, 3.8) is 0 Å². The SMILES string of the molecule is COC(=O)CC[C@H]1C=C[C@@H]2O[Si](C(C)C)(C(C)C)O[Si](C(C)C)(C(C)C)OC[C@H]2O1. The molecule has 1 saturated heterocycles. The second-order valence-electron chi connectivity index (χ2n) is 9.77. The molecule has 0 aromatic carbocycles. The van der Waals surface area contributed by atoms with E-state index in [2.05, 4.69) is 61.5 Å². The first kappa shape index (κ1) is 25.7. The standard InChI is InChI=1S/C22H42O6Si2/c1-15(2)29(16(3)4)25-14-21-20(27-30(28-29,17(5)6)18(7)8)12-10-19(26-21)11-13-22(23)24-9/h10,12,15-21H,11,13-14H2,1-9H3/t19-,20+,21-/m1/s1. The number of methoxy groups -OCH3 is 1. The predicted molar refractivity (Wildman–Crippen MR) is 123 cm³/mol. The zero-order valence-electron chi connectivity index (χ0n) is 20.3. The molecular weight excluding hydrogens is 416 g/mol. The second kappa shape index (κ2) is 10.4. The molecule has 2 aliphatic rings. The summed E-state index contributed by atoms with van der Waals surface area (Å²) in [6.07, 6.45) is 4.51. The van der Waals surface area contributed by atoms with E-state index in [1.807, 2.05) is 6.08 Å². The summed E-state index contributed by atoms with van der Waals surface area (Å²) in [5.41, 5.74) is 1.18. The minimum atomic E-state index is -2.62. The topological polar surface area (TPSA) is 63.2 Å². The van der Waals surface area contributed by atoms with Gasteiger partial charge in [-0.15, -0.1) is 0 Å². The van der Waals surface area contributed by atoms with Crippen molar-refractivity contribution in [3.8, 4) is 0 Å². The highest BCUT2D eigenvalue weighted by atomic mass is 28.5. The Morgan fingerprint density at radius 2 is 1.53 bits per heavy atom. The fourth-order valence-corrected chi connectivity index (χ4v) is 15.8. The molecule has 0 N–H and O–H groups in total. The summed E-state index contributed by atoms with van der Waals surface area (Å²) in [5, 5.41) is 0. The van der Waals surface area contributed by atoms with Gasteiger partial charge in [0.15, 0.2) is 0 Å². The van der Waals surface area contributed by atoms with Crippen molar-refractivity contribution in [1.82, 2.24) is 0 Å². The minimum Gasteiger partial charge on any atom is -0.469 e. The Morgan fingerprint density at radius 1 is 0.967 bits per heavy atom. The molecule has 0 aliphatic carbocycles. The summed E-state index contributed by atoms with van der Waals surface area (Å²) in [4.78, 5) is 11.6. The van der Waals surface area contributed by atoms with Crippen LogP contribution in [0.4, 0.5) is 0 Å².